The molecule has 0 aliphatic rings. The van der Waals surface area contributed by atoms with Crippen LogP contribution >= 0.6 is 11.5 Å². The van der Waals surface area contributed by atoms with Crippen molar-refractivity contribution >= 4 is 28.3 Å². The zero-order valence-corrected chi connectivity index (χ0v) is 12.4. The van der Waals surface area contributed by atoms with Crippen molar-refractivity contribution in [3.05, 3.63) is 35.2 Å². The zero-order chi connectivity index (χ0) is 14.7. The molecule has 0 aromatic carbocycles. The van der Waals surface area contributed by atoms with Crippen LogP contribution in [0.3, 0.4) is 0 Å². The third kappa shape index (κ3) is 2.88. The molecule has 0 amide bonds. The topological polar surface area (TPSA) is 81.3 Å². The molecule has 7 heteroatoms. The number of methoxy groups -OCH3 is 1. The molecule has 0 aliphatic heterocycles. The fraction of sp³-hybridized carbons (Fsp3) is 0.308. The van der Waals surface area contributed by atoms with Gasteiger partial charge in [-0.2, -0.15) is 4.37 Å². The van der Waals surface area contributed by atoms with Gasteiger partial charge in [-0.15, -0.1) is 0 Å². The Hall–Kier alpha value is -2.15. The summed E-state index contributed by atoms with van der Waals surface area (Å²) in [6, 6.07) is 5.83. The molecule has 2 aromatic heterocycles. The molecule has 2 rings (SSSR count). The first kappa shape index (κ1) is 14.3. The highest BCUT2D eigenvalue weighted by atomic mass is 32.1. The maximum atomic E-state index is 11.7. The van der Waals surface area contributed by atoms with Crippen LogP contribution < -0.4 is 10.6 Å². The Morgan fingerprint density at radius 3 is 2.90 bits per heavy atom. The molecule has 6 nitrogen and oxygen atoms in total. The molecule has 0 spiro atoms. The molecule has 0 radical (unpaired) electrons. The van der Waals surface area contributed by atoms with E-state index < -0.39 is 5.97 Å². The molecule has 0 saturated carbocycles. The summed E-state index contributed by atoms with van der Waals surface area (Å²) in [5.41, 5.74) is 7.91. The third-order valence-corrected chi connectivity index (χ3v) is 3.76. The van der Waals surface area contributed by atoms with Crippen molar-refractivity contribution in [1.82, 2.24) is 9.36 Å². The van der Waals surface area contributed by atoms with Crippen LogP contribution in [0.5, 0.6) is 0 Å². The number of hydrogen-bond donors (Lipinski definition) is 1. The highest BCUT2D eigenvalue weighted by Gasteiger charge is 2.22. The minimum Gasteiger partial charge on any atom is -0.465 e. The number of rotatable bonds is 4. The highest BCUT2D eigenvalue weighted by Crippen LogP contribution is 2.31. The van der Waals surface area contributed by atoms with E-state index in [1.807, 2.05) is 37.1 Å². The summed E-state index contributed by atoms with van der Waals surface area (Å²) in [4.78, 5) is 18.1. The van der Waals surface area contributed by atoms with Gasteiger partial charge in [0.25, 0.3) is 0 Å². The number of nitrogens with two attached hydrogens (primary N) is 1. The van der Waals surface area contributed by atoms with Gasteiger partial charge in [0, 0.05) is 12.7 Å². The number of esters is 1. The van der Waals surface area contributed by atoms with Gasteiger partial charge in [-0.25, -0.2) is 4.79 Å². The van der Waals surface area contributed by atoms with E-state index in [4.69, 9.17) is 10.5 Å². The number of carbonyl (C=O) groups is 1. The van der Waals surface area contributed by atoms with Gasteiger partial charge < -0.3 is 15.4 Å². The van der Waals surface area contributed by atoms with Crippen molar-refractivity contribution < 1.29 is 9.53 Å². The molecule has 0 saturated heterocycles. The number of nitrogen functional groups attached to an aromatic ring is 1. The molecule has 0 atom stereocenters. The summed E-state index contributed by atoms with van der Waals surface area (Å²) in [5.74, 6) is -0.281. The Bertz CT molecular complexity index is 627. The maximum absolute atomic E-state index is 11.7. The van der Waals surface area contributed by atoms with Crippen molar-refractivity contribution in [2.45, 2.75) is 13.5 Å². The summed E-state index contributed by atoms with van der Waals surface area (Å²) in [6.07, 6.45) is 0. The smallest absolute Gasteiger partial charge is 0.344 e. The average Bonchev–Trinajstić information content (AvgIpc) is 2.80. The first-order chi connectivity index (χ1) is 9.52. The minimum atomic E-state index is -0.477. The predicted molar refractivity (Wildman–Crippen MR) is 78.9 cm³/mol. The molecule has 2 heterocycles. The van der Waals surface area contributed by atoms with Crippen molar-refractivity contribution in [3.8, 4) is 0 Å². The van der Waals surface area contributed by atoms with E-state index in [2.05, 4.69) is 9.36 Å². The number of anilines is 2. The third-order valence-electron chi connectivity index (χ3n) is 2.78. The summed E-state index contributed by atoms with van der Waals surface area (Å²) in [7, 11) is 3.19. The Balaban J connectivity index is 2.26. The Morgan fingerprint density at radius 1 is 1.50 bits per heavy atom. The Labute approximate surface area is 121 Å². The molecule has 0 fully saturated rings. The first-order valence-corrected chi connectivity index (χ1v) is 6.77. The van der Waals surface area contributed by atoms with Gasteiger partial charge >= 0.3 is 5.97 Å². The van der Waals surface area contributed by atoms with Crippen molar-refractivity contribution in [2.75, 3.05) is 24.8 Å². The molecule has 2 N–H and O–H groups in total. The van der Waals surface area contributed by atoms with Gasteiger partial charge in [0.1, 0.15) is 10.6 Å². The number of carbonyl (C=O) groups excluding carboxylic acids is 1. The second-order valence-electron chi connectivity index (χ2n) is 4.37. The molecule has 0 unspecified atom stereocenters. The lowest BCUT2D eigenvalue weighted by atomic mass is 10.2. The predicted octanol–water partition coefficient (Wildman–Crippen LogP) is 1.85. The molecular formula is C13H16N4O2S. The monoisotopic (exact) mass is 292 g/mol. The van der Waals surface area contributed by atoms with E-state index in [1.165, 1.54) is 18.6 Å². The van der Waals surface area contributed by atoms with Crippen LogP contribution in [0, 0.1) is 6.92 Å². The van der Waals surface area contributed by atoms with Crippen LogP contribution in [0.15, 0.2) is 18.2 Å². The second-order valence-corrected chi connectivity index (χ2v) is 5.12. The van der Waals surface area contributed by atoms with Gasteiger partial charge in [-0.3, -0.25) is 4.98 Å². The standard InChI is InChI=1S/C13H16N4O2S/c1-8-5-4-6-9(15-8)7-17(2)12-10(13(18)19-3)11(14)16-20-12/h4-6H,7H2,1-3H3,(H2,14,16). The molecule has 2 aromatic rings. The summed E-state index contributed by atoms with van der Waals surface area (Å²) in [5, 5.41) is 0.678. The molecule has 20 heavy (non-hydrogen) atoms. The van der Waals surface area contributed by atoms with Crippen LogP contribution in [0.4, 0.5) is 10.8 Å². The van der Waals surface area contributed by atoms with Crippen LogP contribution in [-0.4, -0.2) is 29.5 Å². The lowest BCUT2D eigenvalue weighted by Gasteiger charge is -2.17. The van der Waals surface area contributed by atoms with E-state index in [0.717, 1.165) is 11.4 Å². The number of ether oxygens (including phenoxy) is 1. The van der Waals surface area contributed by atoms with Crippen LogP contribution in [-0.2, 0) is 11.3 Å². The SMILES string of the molecule is COC(=O)c1c(N)nsc1N(C)Cc1cccc(C)n1. The minimum absolute atomic E-state index is 0.195. The Kier molecular flexibility index (Phi) is 4.19. The molecule has 0 bridgehead atoms. The summed E-state index contributed by atoms with van der Waals surface area (Å²) in [6.45, 7) is 2.50. The van der Waals surface area contributed by atoms with Gasteiger partial charge in [-0.05, 0) is 30.6 Å². The lowest BCUT2D eigenvalue weighted by molar-refractivity contribution is 0.0603. The fourth-order valence-electron chi connectivity index (χ4n) is 1.85. The normalized spacial score (nSPS) is 10.3. The van der Waals surface area contributed by atoms with Gasteiger partial charge in [0.05, 0.1) is 19.3 Å². The van der Waals surface area contributed by atoms with E-state index in [0.29, 0.717) is 17.1 Å². The van der Waals surface area contributed by atoms with Gasteiger partial charge in [0.2, 0.25) is 0 Å². The Morgan fingerprint density at radius 2 is 2.25 bits per heavy atom. The van der Waals surface area contributed by atoms with E-state index in [-0.39, 0.29) is 5.82 Å². The highest BCUT2D eigenvalue weighted by molar-refractivity contribution is 7.11. The number of aryl methyl sites for hydroxylation is 1. The number of nitrogens with zero attached hydrogens (tertiary/aromatic N) is 3. The lowest BCUT2D eigenvalue weighted by Crippen LogP contribution is -2.19. The van der Waals surface area contributed by atoms with Crippen LogP contribution in [0.25, 0.3) is 0 Å². The van der Waals surface area contributed by atoms with E-state index in [9.17, 15) is 4.79 Å². The van der Waals surface area contributed by atoms with Crippen LogP contribution in [0.1, 0.15) is 21.7 Å². The number of hydrogen-bond acceptors (Lipinski definition) is 7. The van der Waals surface area contributed by atoms with Crippen molar-refractivity contribution in [1.29, 1.82) is 0 Å². The first-order valence-electron chi connectivity index (χ1n) is 6.00. The summed E-state index contributed by atoms with van der Waals surface area (Å²) < 4.78 is 8.76. The van der Waals surface area contributed by atoms with Crippen molar-refractivity contribution in [3.63, 3.8) is 0 Å². The largest absolute Gasteiger partial charge is 0.465 e. The second kappa shape index (κ2) is 5.87. The van der Waals surface area contributed by atoms with E-state index in [1.54, 1.807) is 0 Å². The van der Waals surface area contributed by atoms with Gasteiger partial charge in [-0.1, -0.05) is 6.07 Å². The maximum Gasteiger partial charge on any atom is 0.344 e. The summed E-state index contributed by atoms with van der Waals surface area (Å²) >= 11 is 1.17. The fourth-order valence-corrected chi connectivity index (χ4v) is 2.61. The van der Waals surface area contributed by atoms with E-state index >= 15 is 0 Å². The average molecular weight is 292 g/mol. The molecule has 106 valence electrons. The van der Waals surface area contributed by atoms with Crippen LogP contribution in [0.2, 0.25) is 0 Å². The molecule has 0 aliphatic carbocycles. The van der Waals surface area contributed by atoms with Gasteiger partial charge in [0.15, 0.2) is 5.82 Å². The number of pyridine rings is 1. The number of aromatic nitrogens is 2. The molecular weight excluding hydrogens is 276 g/mol. The van der Waals surface area contributed by atoms with Crippen molar-refractivity contribution in [2.24, 2.45) is 0 Å². The zero-order valence-electron chi connectivity index (χ0n) is 11.6. The quantitative estimate of drug-likeness (QED) is 0.866.